The predicted molar refractivity (Wildman–Crippen MR) is 84.8 cm³/mol. The zero-order valence-electron chi connectivity index (χ0n) is 11.8. The molecule has 1 aliphatic rings. The van der Waals surface area contributed by atoms with E-state index >= 15 is 0 Å². The van der Waals surface area contributed by atoms with Gasteiger partial charge in [0.1, 0.15) is 5.75 Å². The smallest absolute Gasteiger partial charge is 0.139 e. The Morgan fingerprint density at radius 2 is 2.00 bits per heavy atom. The average molecular weight is 317 g/mol. The summed E-state index contributed by atoms with van der Waals surface area (Å²) in [6, 6.07) is 3.63. The predicted octanol–water partition coefficient (Wildman–Crippen LogP) is 3.84. The van der Waals surface area contributed by atoms with Gasteiger partial charge in [-0.05, 0) is 18.6 Å². The van der Waals surface area contributed by atoms with Crippen LogP contribution in [0, 0.1) is 0 Å². The van der Waals surface area contributed by atoms with Gasteiger partial charge in [-0.3, -0.25) is 4.90 Å². The monoisotopic (exact) mass is 316 g/mol. The van der Waals surface area contributed by atoms with Crippen LogP contribution in [0.15, 0.2) is 12.1 Å². The molecule has 5 heteroatoms. The van der Waals surface area contributed by atoms with Crippen molar-refractivity contribution in [3.05, 3.63) is 27.7 Å². The van der Waals surface area contributed by atoms with Crippen LogP contribution in [0.1, 0.15) is 37.8 Å². The molecule has 1 heterocycles. The number of hydrogen-bond donors (Lipinski definition) is 2. The Kier molecular flexibility index (Phi) is 5.97. The van der Waals surface area contributed by atoms with Crippen molar-refractivity contribution in [2.24, 2.45) is 0 Å². The molecule has 3 nitrogen and oxygen atoms in total. The number of phenols is 1. The van der Waals surface area contributed by atoms with Gasteiger partial charge >= 0.3 is 0 Å². The summed E-state index contributed by atoms with van der Waals surface area (Å²) in [6.45, 7) is 6.12. The quantitative estimate of drug-likeness (QED) is 0.866. The van der Waals surface area contributed by atoms with Gasteiger partial charge in [-0.2, -0.15) is 0 Å². The number of rotatable bonds is 5. The van der Waals surface area contributed by atoms with Gasteiger partial charge in [-0.25, -0.2) is 0 Å². The Morgan fingerprint density at radius 3 is 2.65 bits per heavy atom. The van der Waals surface area contributed by atoms with Crippen LogP contribution in [0.4, 0.5) is 0 Å². The van der Waals surface area contributed by atoms with Gasteiger partial charge < -0.3 is 10.4 Å². The number of piperazine rings is 1. The Bertz CT molecular complexity index is 448. The summed E-state index contributed by atoms with van der Waals surface area (Å²) in [4.78, 5) is 2.41. The lowest BCUT2D eigenvalue weighted by Crippen LogP contribution is -2.45. The van der Waals surface area contributed by atoms with Crippen molar-refractivity contribution in [3.8, 4) is 5.75 Å². The van der Waals surface area contributed by atoms with Gasteiger partial charge in [0, 0.05) is 42.8 Å². The maximum atomic E-state index is 10.3. The maximum absolute atomic E-state index is 10.3. The van der Waals surface area contributed by atoms with Crippen LogP contribution in [0.3, 0.4) is 0 Å². The molecule has 1 fully saturated rings. The minimum atomic E-state index is 0.177. The molecule has 2 rings (SSSR count). The van der Waals surface area contributed by atoms with Gasteiger partial charge in [-0.15, -0.1) is 0 Å². The molecule has 0 unspecified atom stereocenters. The van der Waals surface area contributed by atoms with E-state index in [0.29, 0.717) is 10.0 Å². The van der Waals surface area contributed by atoms with Gasteiger partial charge in [-0.1, -0.05) is 43.0 Å². The molecule has 0 amide bonds. The fourth-order valence-electron chi connectivity index (χ4n) is 2.77. The summed E-state index contributed by atoms with van der Waals surface area (Å²) in [5.41, 5.74) is 0.859. The molecule has 1 atom stereocenters. The number of nitrogens with one attached hydrogen (secondary N) is 1. The maximum Gasteiger partial charge on any atom is 0.139 e. The first kappa shape index (κ1) is 15.9. The molecule has 0 radical (unpaired) electrons. The van der Waals surface area contributed by atoms with E-state index in [1.165, 1.54) is 0 Å². The number of benzene rings is 1. The van der Waals surface area contributed by atoms with Crippen LogP contribution in [-0.2, 0) is 0 Å². The Balaban J connectivity index is 2.29. The highest BCUT2D eigenvalue weighted by Gasteiger charge is 2.25. The summed E-state index contributed by atoms with van der Waals surface area (Å²) in [6.07, 6.45) is 3.27. The summed E-state index contributed by atoms with van der Waals surface area (Å²) in [5, 5.41) is 14.6. The highest BCUT2D eigenvalue weighted by atomic mass is 35.5. The highest BCUT2D eigenvalue weighted by molar-refractivity contribution is 6.35. The third kappa shape index (κ3) is 3.79. The van der Waals surface area contributed by atoms with E-state index in [-0.39, 0.29) is 11.8 Å². The molecule has 1 saturated heterocycles. The van der Waals surface area contributed by atoms with E-state index in [2.05, 4.69) is 17.1 Å². The van der Waals surface area contributed by atoms with Crippen molar-refractivity contribution in [1.82, 2.24) is 10.2 Å². The van der Waals surface area contributed by atoms with Crippen LogP contribution in [-0.4, -0.2) is 36.2 Å². The average Bonchev–Trinajstić information content (AvgIpc) is 2.45. The van der Waals surface area contributed by atoms with Crippen molar-refractivity contribution >= 4 is 23.2 Å². The molecular formula is C15H22Cl2N2O. The minimum absolute atomic E-state index is 0.177. The molecule has 0 aromatic heterocycles. The largest absolute Gasteiger partial charge is 0.506 e. The molecule has 1 aliphatic heterocycles. The number of unbranched alkanes of at least 4 members (excludes halogenated alkanes) is 1. The molecular weight excluding hydrogens is 295 g/mol. The van der Waals surface area contributed by atoms with Crippen molar-refractivity contribution < 1.29 is 5.11 Å². The highest BCUT2D eigenvalue weighted by Crippen LogP contribution is 2.39. The molecule has 0 spiro atoms. The lowest BCUT2D eigenvalue weighted by Gasteiger charge is -2.35. The van der Waals surface area contributed by atoms with Crippen LogP contribution in [0.25, 0.3) is 0 Å². The van der Waals surface area contributed by atoms with Crippen molar-refractivity contribution in [2.45, 2.75) is 32.2 Å². The van der Waals surface area contributed by atoms with E-state index in [4.69, 9.17) is 23.2 Å². The first-order valence-electron chi connectivity index (χ1n) is 7.26. The molecule has 2 N–H and O–H groups in total. The third-order valence-electron chi connectivity index (χ3n) is 3.84. The van der Waals surface area contributed by atoms with E-state index in [9.17, 15) is 5.11 Å². The molecule has 0 aliphatic carbocycles. The van der Waals surface area contributed by atoms with Gasteiger partial charge in [0.25, 0.3) is 0 Å². The lowest BCUT2D eigenvalue weighted by atomic mass is 9.98. The summed E-state index contributed by atoms with van der Waals surface area (Å²) in [5.74, 6) is 0.177. The third-order valence-corrected chi connectivity index (χ3v) is 4.35. The number of hydrogen-bond acceptors (Lipinski definition) is 3. The molecule has 1 aromatic rings. The molecule has 0 bridgehead atoms. The van der Waals surface area contributed by atoms with E-state index in [1.807, 2.05) is 6.07 Å². The van der Waals surface area contributed by atoms with Gasteiger partial charge in [0.2, 0.25) is 0 Å². The first-order chi connectivity index (χ1) is 9.63. The summed E-state index contributed by atoms with van der Waals surface area (Å²) >= 11 is 12.2. The van der Waals surface area contributed by atoms with E-state index in [0.717, 1.165) is 51.0 Å². The molecule has 0 saturated carbocycles. The second-order valence-corrected chi connectivity index (χ2v) is 6.11. The fourth-order valence-corrected chi connectivity index (χ4v) is 3.28. The zero-order chi connectivity index (χ0) is 14.5. The number of nitrogens with zero attached hydrogens (tertiary/aromatic N) is 1. The standard InChI is InChI=1S/C15H22Cl2N2O/c1-2-3-4-14(19-7-5-18-6-8-19)12-9-11(16)10-13(17)15(12)20/h9-10,14,18,20H,2-8H2,1H3/t14-/m0/s1. The number of phenolic OH excluding ortho intramolecular Hbond substituents is 1. The van der Waals surface area contributed by atoms with Gasteiger partial charge in [0.15, 0.2) is 0 Å². The minimum Gasteiger partial charge on any atom is -0.506 e. The normalized spacial score (nSPS) is 18.1. The van der Waals surface area contributed by atoms with Gasteiger partial charge in [0.05, 0.1) is 5.02 Å². The second-order valence-electron chi connectivity index (χ2n) is 5.27. The van der Waals surface area contributed by atoms with Crippen LogP contribution >= 0.6 is 23.2 Å². The second kappa shape index (κ2) is 7.51. The van der Waals surface area contributed by atoms with E-state index in [1.54, 1.807) is 6.07 Å². The Morgan fingerprint density at radius 1 is 1.30 bits per heavy atom. The molecule has 1 aromatic carbocycles. The SMILES string of the molecule is CCCC[C@@H](c1cc(Cl)cc(Cl)c1O)N1CCNCC1. The van der Waals surface area contributed by atoms with Crippen LogP contribution < -0.4 is 5.32 Å². The first-order valence-corrected chi connectivity index (χ1v) is 8.01. The van der Waals surface area contributed by atoms with Crippen molar-refractivity contribution in [3.63, 3.8) is 0 Å². The van der Waals surface area contributed by atoms with Crippen molar-refractivity contribution in [2.75, 3.05) is 26.2 Å². The molecule has 20 heavy (non-hydrogen) atoms. The zero-order valence-corrected chi connectivity index (χ0v) is 13.3. The van der Waals surface area contributed by atoms with Crippen LogP contribution in [0.2, 0.25) is 10.0 Å². The van der Waals surface area contributed by atoms with Crippen molar-refractivity contribution in [1.29, 1.82) is 0 Å². The topological polar surface area (TPSA) is 35.5 Å². The number of halogens is 2. The Hall–Kier alpha value is -0.480. The van der Waals surface area contributed by atoms with E-state index < -0.39 is 0 Å². The lowest BCUT2D eigenvalue weighted by molar-refractivity contribution is 0.160. The van der Waals surface area contributed by atoms with Crippen LogP contribution in [0.5, 0.6) is 5.75 Å². The summed E-state index contributed by atoms with van der Waals surface area (Å²) < 4.78 is 0. The molecule has 112 valence electrons. The fraction of sp³-hybridized carbons (Fsp3) is 0.600. The Labute approximate surface area is 130 Å². The number of aromatic hydroxyl groups is 1. The summed E-state index contributed by atoms with van der Waals surface area (Å²) in [7, 11) is 0.